The summed E-state index contributed by atoms with van der Waals surface area (Å²) in [6, 6.07) is 13.6. The topological polar surface area (TPSA) is 55.1 Å². The molecule has 1 amide bonds. The van der Waals surface area contributed by atoms with Crippen LogP contribution in [0.3, 0.4) is 0 Å². The van der Waals surface area contributed by atoms with Crippen LogP contribution < -0.4 is 11.1 Å². The molecule has 0 saturated carbocycles. The number of carbonyl (C=O) groups excluding carboxylic acids is 1. The number of amides is 1. The number of anilines is 1. The van der Waals surface area contributed by atoms with E-state index in [0.29, 0.717) is 6.42 Å². The molecule has 1 atom stereocenters. The molecule has 5 heteroatoms. The molecule has 0 spiro atoms. The van der Waals surface area contributed by atoms with Crippen LogP contribution in [0.15, 0.2) is 51.4 Å². The van der Waals surface area contributed by atoms with E-state index < -0.39 is 5.54 Å². The monoisotopic (exact) mass is 408 g/mol. The highest BCUT2D eigenvalue weighted by atomic mass is 79.9. The molecule has 0 radical (unpaired) electrons. The van der Waals surface area contributed by atoms with Crippen LogP contribution in [0.2, 0.25) is 0 Å². The molecule has 21 heavy (non-hydrogen) atoms. The van der Waals surface area contributed by atoms with Crippen LogP contribution in [-0.2, 0) is 16.8 Å². The number of primary amides is 1. The van der Waals surface area contributed by atoms with Crippen molar-refractivity contribution in [2.24, 2.45) is 5.73 Å². The smallest absolute Gasteiger partial charge is 0.247 e. The molecule has 3 nitrogen and oxygen atoms in total. The highest BCUT2D eigenvalue weighted by Gasteiger charge is 2.44. The number of nitrogens with two attached hydrogens (primary N) is 1. The minimum absolute atomic E-state index is 0.352. The van der Waals surface area contributed by atoms with E-state index in [1.54, 1.807) is 0 Å². The maximum Gasteiger partial charge on any atom is 0.247 e. The van der Waals surface area contributed by atoms with Gasteiger partial charge in [0, 0.05) is 14.6 Å². The molecule has 1 aliphatic rings. The molecule has 0 heterocycles. The lowest BCUT2D eigenvalue weighted by Crippen LogP contribution is -2.46. The van der Waals surface area contributed by atoms with Crippen molar-refractivity contribution in [3.63, 3.8) is 0 Å². The lowest BCUT2D eigenvalue weighted by molar-refractivity contribution is -0.122. The Labute approximate surface area is 140 Å². The third-order valence-electron chi connectivity index (χ3n) is 3.97. The molecule has 0 aromatic heterocycles. The predicted molar refractivity (Wildman–Crippen MR) is 91.1 cm³/mol. The number of hydrogen-bond acceptors (Lipinski definition) is 2. The SMILES string of the molecule is NC(=O)C1(Nc2ccccc2Br)CCc2c(Br)cccc21. The molecule has 0 fully saturated rings. The Morgan fingerprint density at radius 3 is 2.52 bits per heavy atom. The van der Waals surface area contributed by atoms with E-state index in [9.17, 15) is 4.79 Å². The molecule has 2 aromatic carbocycles. The number of hydrogen-bond donors (Lipinski definition) is 2. The highest BCUT2D eigenvalue weighted by Crippen LogP contribution is 2.43. The van der Waals surface area contributed by atoms with Gasteiger partial charge in [-0.15, -0.1) is 0 Å². The summed E-state index contributed by atoms with van der Waals surface area (Å²) in [4.78, 5) is 12.2. The molecule has 0 aliphatic heterocycles. The van der Waals surface area contributed by atoms with Gasteiger partial charge in [-0.05, 0) is 58.1 Å². The van der Waals surface area contributed by atoms with Crippen molar-refractivity contribution in [1.82, 2.24) is 0 Å². The van der Waals surface area contributed by atoms with Crippen LogP contribution in [0.25, 0.3) is 0 Å². The van der Waals surface area contributed by atoms with Gasteiger partial charge in [-0.1, -0.05) is 40.2 Å². The standard InChI is InChI=1S/C16H14Br2N2O/c17-12-6-3-4-11-10(12)8-9-16(11,15(19)21)20-14-7-2-1-5-13(14)18/h1-7,20H,8-9H2,(H2,19,21). The zero-order valence-corrected chi connectivity index (χ0v) is 14.4. The van der Waals surface area contributed by atoms with Crippen LogP contribution in [0.5, 0.6) is 0 Å². The predicted octanol–water partition coefficient (Wildman–Crippen LogP) is 3.95. The Morgan fingerprint density at radius 1 is 1.10 bits per heavy atom. The summed E-state index contributed by atoms with van der Waals surface area (Å²) in [5, 5.41) is 3.36. The van der Waals surface area contributed by atoms with Crippen LogP contribution in [-0.4, -0.2) is 5.91 Å². The number of halogens is 2. The zero-order valence-electron chi connectivity index (χ0n) is 11.2. The molecule has 1 unspecified atom stereocenters. The third-order valence-corrected chi connectivity index (χ3v) is 5.41. The van der Waals surface area contributed by atoms with E-state index in [1.807, 2.05) is 42.5 Å². The first-order valence-electron chi connectivity index (χ1n) is 6.65. The van der Waals surface area contributed by atoms with Crippen molar-refractivity contribution < 1.29 is 4.79 Å². The number of carbonyl (C=O) groups is 1. The van der Waals surface area contributed by atoms with Crippen molar-refractivity contribution in [1.29, 1.82) is 0 Å². The second-order valence-electron chi connectivity index (χ2n) is 5.14. The molecule has 3 N–H and O–H groups in total. The summed E-state index contributed by atoms with van der Waals surface area (Å²) in [7, 11) is 0. The normalized spacial score (nSPS) is 20.1. The largest absolute Gasteiger partial charge is 0.367 e. The van der Waals surface area contributed by atoms with Gasteiger partial charge in [-0.25, -0.2) is 0 Å². The van der Waals surface area contributed by atoms with Crippen molar-refractivity contribution in [3.05, 3.63) is 62.5 Å². The quantitative estimate of drug-likeness (QED) is 0.806. The van der Waals surface area contributed by atoms with Crippen LogP contribution >= 0.6 is 31.9 Å². The number of benzene rings is 2. The Kier molecular flexibility index (Phi) is 3.80. The molecular formula is C16H14Br2N2O. The van der Waals surface area contributed by atoms with E-state index >= 15 is 0 Å². The molecule has 1 aliphatic carbocycles. The number of para-hydroxylation sites is 1. The fourth-order valence-corrected chi connectivity index (χ4v) is 3.85. The van der Waals surface area contributed by atoms with Crippen molar-refractivity contribution in [2.75, 3.05) is 5.32 Å². The van der Waals surface area contributed by atoms with E-state index in [1.165, 1.54) is 0 Å². The number of rotatable bonds is 3. The van der Waals surface area contributed by atoms with E-state index in [-0.39, 0.29) is 5.91 Å². The number of fused-ring (bicyclic) bond motifs is 1. The van der Waals surface area contributed by atoms with Gasteiger partial charge in [-0.3, -0.25) is 4.79 Å². The summed E-state index contributed by atoms with van der Waals surface area (Å²) in [5.74, 6) is -0.352. The first-order valence-corrected chi connectivity index (χ1v) is 8.24. The van der Waals surface area contributed by atoms with Gasteiger partial charge in [0.1, 0.15) is 5.54 Å². The van der Waals surface area contributed by atoms with Crippen molar-refractivity contribution in [3.8, 4) is 0 Å². The van der Waals surface area contributed by atoms with Gasteiger partial charge >= 0.3 is 0 Å². The molecule has 0 saturated heterocycles. The third kappa shape index (κ3) is 2.38. The van der Waals surface area contributed by atoms with Crippen molar-refractivity contribution in [2.45, 2.75) is 18.4 Å². The molecule has 108 valence electrons. The Hall–Kier alpha value is -1.33. The first-order chi connectivity index (χ1) is 10.0. The zero-order chi connectivity index (χ0) is 15.0. The van der Waals surface area contributed by atoms with Gasteiger partial charge in [0.15, 0.2) is 0 Å². The second-order valence-corrected chi connectivity index (χ2v) is 6.85. The lowest BCUT2D eigenvalue weighted by Gasteiger charge is -2.30. The molecule has 3 rings (SSSR count). The van der Waals surface area contributed by atoms with Crippen LogP contribution in [0, 0.1) is 0 Å². The van der Waals surface area contributed by atoms with Gasteiger partial charge in [0.25, 0.3) is 0 Å². The summed E-state index contributed by atoms with van der Waals surface area (Å²) >= 11 is 7.07. The lowest BCUT2D eigenvalue weighted by atomic mass is 9.90. The average molecular weight is 410 g/mol. The van der Waals surface area contributed by atoms with Gasteiger partial charge in [0.05, 0.1) is 0 Å². The first kappa shape index (κ1) is 14.6. The van der Waals surface area contributed by atoms with Crippen LogP contribution in [0.1, 0.15) is 17.5 Å². The Bertz CT molecular complexity index is 717. The average Bonchev–Trinajstić information content (AvgIpc) is 2.83. The summed E-state index contributed by atoms with van der Waals surface area (Å²) in [6.45, 7) is 0. The number of nitrogens with one attached hydrogen (secondary N) is 1. The molecule has 0 bridgehead atoms. The fourth-order valence-electron chi connectivity index (χ4n) is 2.90. The summed E-state index contributed by atoms with van der Waals surface area (Å²) < 4.78 is 1.94. The molecule has 2 aromatic rings. The Morgan fingerprint density at radius 2 is 1.81 bits per heavy atom. The van der Waals surface area contributed by atoms with Crippen molar-refractivity contribution >= 4 is 43.5 Å². The van der Waals surface area contributed by atoms with Gasteiger partial charge in [0.2, 0.25) is 5.91 Å². The Balaban J connectivity index is 2.11. The van der Waals surface area contributed by atoms with Gasteiger partial charge in [-0.2, -0.15) is 0 Å². The summed E-state index contributed by atoms with van der Waals surface area (Å²) in [6.07, 6.45) is 1.47. The van der Waals surface area contributed by atoms with E-state index in [4.69, 9.17) is 5.73 Å². The summed E-state index contributed by atoms with van der Waals surface area (Å²) in [5.41, 5.74) is 7.88. The minimum atomic E-state index is -0.858. The minimum Gasteiger partial charge on any atom is -0.367 e. The fraction of sp³-hybridized carbons (Fsp3) is 0.188. The highest BCUT2D eigenvalue weighted by molar-refractivity contribution is 9.10. The van der Waals surface area contributed by atoms with Gasteiger partial charge < -0.3 is 11.1 Å². The second kappa shape index (κ2) is 5.46. The maximum absolute atomic E-state index is 12.2. The molecular weight excluding hydrogens is 396 g/mol. The van der Waals surface area contributed by atoms with Crippen LogP contribution in [0.4, 0.5) is 5.69 Å². The maximum atomic E-state index is 12.2. The van der Waals surface area contributed by atoms with E-state index in [2.05, 4.69) is 37.2 Å². The van der Waals surface area contributed by atoms with E-state index in [0.717, 1.165) is 32.2 Å².